The third-order valence-corrected chi connectivity index (χ3v) is 3.75. The first-order valence-corrected chi connectivity index (χ1v) is 7.57. The number of carbonyl (C=O) groups is 1. The molecule has 6 nitrogen and oxygen atoms in total. The topological polar surface area (TPSA) is 70.2 Å². The molecule has 1 atom stereocenters. The number of ether oxygens (including phenoxy) is 1. The van der Waals surface area contributed by atoms with Gasteiger partial charge in [-0.3, -0.25) is 9.88 Å². The molecule has 0 aliphatic carbocycles. The zero-order chi connectivity index (χ0) is 15.7. The molecule has 6 heteroatoms. The molecular weight excluding hydrogens is 280 g/mol. The van der Waals surface area contributed by atoms with Crippen molar-refractivity contribution in [3.63, 3.8) is 0 Å². The molecule has 0 bridgehead atoms. The highest BCUT2D eigenvalue weighted by molar-refractivity contribution is 5.83. The molecule has 0 aromatic carbocycles. The zero-order valence-electron chi connectivity index (χ0n) is 13.2. The molecule has 1 aliphatic rings. The lowest BCUT2D eigenvalue weighted by atomic mass is 10.0. The van der Waals surface area contributed by atoms with Gasteiger partial charge in [0.05, 0.1) is 6.04 Å². The largest absolute Gasteiger partial charge is 0.444 e. The average molecular weight is 302 g/mol. The summed E-state index contributed by atoms with van der Waals surface area (Å²) >= 11 is 0. The van der Waals surface area contributed by atoms with Crippen molar-refractivity contribution in [2.75, 3.05) is 19.6 Å². The summed E-state index contributed by atoms with van der Waals surface area (Å²) in [5.74, 6) is 0. The number of hydrogen-bond donors (Lipinski definition) is 2. The van der Waals surface area contributed by atoms with Gasteiger partial charge < -0.3 is 15.0 Å². The predicted molar refractivity (Wildman–Crippen MR) is 84.6 cm³/mol. The number of pyridine rings is 1. The van der Waals surface area contributed by atoms with Crippen LogP contribution in [-0.2, 0) is 4.74 Å². The number of piperazine rings is 1. The number of fused-ring (bicyclic) bond motifs is 1. The molecule has 0 radical (unpaired) electrons. The van der Waals surface area contributed by atoms with Crippen LogP contribution in [0.15, 0.2) is 24.7 Å². The predicted octanol–water partition coefficient (Wildman–Crippen LogP) is 2.44. The van der Waals surface area contributed by atoms with E-state index in [-0.39, 0.29) is 12.1 Å². The summed E-state index contributed by atoms with van der Waals surface area (Å²) in [6, 6.07) is 1.88. The molecular formula is C16H22N4O2. The van der Waals surface area contributed by atoms with Crippen LogP contribution in [0.1, 0.15) is 32.4 Å². The molecule has 3 rings (SSSR count). The van der Waals surface area contributed by atoms with E-state index in [9.17, 15) is 4.79 Å². The summed E-state index contributed by atoms with van der Waals surface area (Å²) in [6.07, 6.45) is 5.29. The third kappa shape index (κ3) is 2.92. The van der Waals surface area contributed by atoms with Gasteiger partial charge in [-0.25, -0.2) is 4.79 Å². The highest BCUT2D eigenvalue weighted by atomic mass is 16.6. The maximum Gasteiger partial charge on any atom is 0.410 e. The van der Waals surface area contributed by atoms with Gasteiger partial charge in [0.1, 0.15) is 5.60 Å². The zero-order valence-corrected chi connectivity index (χ0v) is 13.2. The number of nitrogens with one attached hydrogen (secondary N) is 2. The fourth-order valence-electron chi connectivity index (χ4n) is 2.78. The summed E-state index contributed by atoms with van der Waals surface area (Å²) in [5, 5.41) is 4.40. The van der Waals surface area contributed by atoms with Gasteiger partial charge in [-0.1, -0.05) is 0 Å². The molecule has 118 valence electrons. The van der Waals surface area contributed by atoms with Crippen molar-refractivity contribution in [1.29, 1.82) is 0 Å². The Balaban J connectivity index is 1.91. The molecule has 1 amide bonds. The maximum absolute atomic E-state index is 12.5. The van der Waals surface area contributed by atoms with E-state index in [1.54, 1.807) is 11.1 Å². The lowest BCUT2D eigenvalue weighted by Crippen LogP contribution is -2.50. The van der Waals surface area contributed by atoms with Crippen LogP contribution in [0.5, 0.6) is 0 Å². The number of hydrogen-bond acceptors (Lipinski definition) is 4. The van der Waals surface area contributed by atoms with Crippen molar-refractivity contribution in [1.82, 2.24) is 20.2 Å². The lowest BCUT2D eigenvalue weighted by Gasteiger charge is -2.37. The molecule has 0 saturated carbocycles. The van der Waals surface area contributed by atoms with Crippen molar-refractivity contribution in [2.24, 2.45) is 0 Å². The van der Waals surface area contributed by atoms with Crippen LogP contribution in [-0.4, -0.2) is 46.2 Å². The second kappa shape index (κ2) is 5.61. The molecule has 2 N–H and O–H groups in total. The van der Waals surface area contributed by atoms with Gasteiger partial charge in [-0.15, -0.1) is 0 Å². The Bertz CT molecular complexity index is 674. The van der Waals surface area contributed by atoms with Crippen molar-refractivity contribution < 1.29 is 9.53 Å². The van der Waals surface area contributed by atoms with E-state index < -0.39 is 5.60 Å². The summed E-state index contributed by atoms with van der Waals surface area (Å²) in [5.41, 5.74) is 1.61. The molecule has 1 saturated heterocycles. The minimum atomic E-state index is -0.492. The van der Waals surface area contributed by atoms with Crippen LogP contribution in [0.4, 0.5) is 4.79 Å². The number of rotatable bonds is 1. The summed E-state index contributed by atoms with van der Waals surface area (Å²) in [7, 11) is 0. The number of nitrogens with zero attached hydrogens (tertiary/aromatic N) is 2. The maximum atomic E-state index is 12.5. The molecule has 1 aliphatic heterocycles. The van der Waals surface area contributed by atoms with Crippen LogP contribution in [0.25, 0.3) is 10.9 Å². The second-order valence-corrected chi connectivity index (χ2v) is 6.56. The Morgan fingerprint density at radius 2 is 2.27 bits per heavy atom. The number of carbonyl (C=O) groups excluding carboxylic acids is 1. The van der Waals surface area contributed by atoms with Crippen LogP contribution < -0.4 is 5.32 Å². The molecule has 0 spiro atoms. The molecule has 1 unspecified atom stereocenters. The van der Waals surface area contributed by atoms with Gasteiger partial charge in [0, 0.05) is 54.7 Å². The first kappa shape index (κ1) is 14.8. The molecule has 1 fully saturated rings. The van der Waals surface area contributed by atoms with E-state index in [1.165, 1.54) is 0 Å². The van der Waals surface area contributed by atoms with Crippen LogP contribution >= 0.6 is 0 Å². The Hall–Kier alpha value is -2.08. The van der Waals surface area contributed by atoms with Gasteiger partial charge in [0.15, 0.2) is 0 Å². The highest BCUT2D eigenvalue weighted by Crippen LogP contribution is 2.29. The Morgan fingerprint density at radius 1 is 1.45 bits per heavy atom. The standard InChI is InChI=1S/C16H22N4O2/c1-16(2,3)22-15(21)20-7-6-18-10-14(20)12-9-19-13-4-5-17-8-11(12)13/h4-5,8-9,14,18-19H,6-7,10H2,1-3H3. The SMILES string of the molecule is CC(C)(C)OC(=O)N1CCNCC1c1c[nH]c2ccncc12. The summed E-state index contributed by atoms with van der Waals surface area (Å²) in [6.45, 7) is 7.77. The molecule has 3 heterocycles. The van der Waals surface area contributed by atoms with Crippen LogP contribution in [0, 0.1) is 0 Å². The molecule has 22 heavy (non-hydrogen) atoms. The van der Waals surface area contributed by atoms with Crippen molar-refractivity contribution in [3.05, 3.63) is 30.2 Å². The van der Waals surface area contributed by atoms with Gasteiger partial charge >= 0.3 is 6.09 Å². The van der Waals surface area contributed by atoms with Gasteiger partial charge in [-0.05, 0) is 26.8 Å². The van der Waals surface area contributed by atoms with Crippen molar-refractivity contribution >= 4 is 17.0 Å². The van der Waals surface area contributed by atoms with E-state index in [1.807, 2.05) is 39.2 Å². The fraction of sp³-hybridized carbons (Fsp3) is 0.500. The Labute approximate surface area is 129 Å². The van der Waals surface area contributed by atoms with E-state index in [2.05, 4.69) is 15.3 Å². The fourth-order valence-corrected chi connectivity index (χ4v) is 2.78. The molecule has 2 aromatic heterocycles. The van der Waals surface area contributed by atoms with E-state index in [0.717, 1.165) is 23.0 Å². The smallest absolute Gasteiger partial charge is 0.410 e. The van der Waals surface area contributed by atoms with E-state index >= 15 is 0 Å². The second-order valence-electron chi connectivity index (χ2n) is 6.56. The minimum absolute atomic E-state index is 0.0541. The van der Waals surface area contributed by atoms with Gasteiger partial charge in [-0.2, -0.15) is 0 Å². The van der Waals surface area contributed by atoms with E-state index in [4.69, 9.17) is 4.74 Å². The van der Waals surface area contributed by atoms with Gasteiger partial charge in [0.2, 0.25) is 0 Å². The quantitative estimate of drug-likeness (QED) is 0.849. The first-order valence-electron chi connectivity index (χ1n) is 7.57. The van der Waals surface area contributed by atoms with Crippen molar-refractivity contribution in [3.8, 4) is 0 Å². The minimum Gasteiger partial charge on any atom is -0.444 e. The average Bonchev–Trinajstić information content (AvgIpc) is 2.89. The highest BCUT2D eigenvalue weighted by Gasteiger charge is 2.32. The Morgan fingerprint density at radius 3 is 3.05 bits per heavy atom. The summed E-state index contributed by atoms with van der Waals surface area (Å²) in [4.78, 5) is 21.7. The summed E-state index contributed by atoms with van der Waals surface area (Å²) < 4.78 is 5.55. The number of H-pyrrole nitrogens is 1. The third-order valence-electron chi connectivity index (χ3n) is 3.75. The first-order chi connectivity index (χ1) is 10.5. The monoisotopic (exact) mass is 302 g/mol. The number of aromatic nitrogens is 2. The van der Waals surface area contributed by atoms with Crippen LogP contribution in [0.2, 0.25) is 0 Å². The normalized spacial score (nSPS) is 19.4. The van der Waals surface area contributed by atoms with E-state index in [0.29, 0.717) is 13.1 Å². The van der Waals surface area contributed by atoms with Crippen LogP contribution in [0.3, 0.4) is 0 Å². The van der Waals surface area contributed by atoms with Crippen molar-refractivity contribution in [2.45, 2.75) is 32.4 Å². The number of aromatic amines is 1. The number of amides is 1. The lowest BCUT2D eigenvalue weighted by molar-refractivity contribution is 0.0119. The molecule has 2 aromatic rings. The van der Waals surface area contributed by atoms with Gasteiger partial charge in [0.25, 0.3) is 0 Å². The Kier molecular flexibility index (Phi) is 3.78.